The number of carbonyl (C=O) groups excluding carboxylic acids is 1. The Labute approximate surface area is 102 Å². The lowest BCUT2D eigenvalue weighted by Crippen LogP contribution is -2.37. The fraction of sp³-hybridized carbons (Fsp3) is 0.500. The van der Waals surface area contributed by atoms with Crippen LogP contribution in [0.15, 0.2) is 18.3 Å². The number of methoxy groups -OCH3 is 1. The highest BCUT2D eigenvalue weighted by Crippen LogP contribution is 2.10. The summed E-state index contributed by atoms with van der Waals surface area (Å²) in [5, 5.41) is 3.02. The summed E-state index contributed by atoms with van der Waals surface area (Å²) in [6.07, 6.45) is 1.64. The first-order valence-corrected chi connectivity index (χ1v) is 5.54. The van der Waals surface area contributed by atoms with Crippen molar-refractivity contribution in [1.82, 2.24) is 9.88 Å². The van der Waals surface area contributed by atoms with E-state index in [4.69, 9.17) is 4.74 Å². The average Bonchev–Trinajstić information content (AvgIpc) is 2.35. The van der Waals surface area contributed by atoms with Crippen LogP contribution in [0.1, 0.15) is 13.8 Å². The molecule has 17 heavy (non-hydrogen) atoms. The summed E-state index contributed by atoms with van der Waals surface area (Å²) < 4.78 is 4.95. The molecule has 94 valence electrons. The smallest absolute Gasteiger partial charge is 0.241 e. The Morgan fingerprint density at radius 2 is 2.24 bits per heavy atom. The lowest BCUT2D eigenvalue weighted by molar-refractivity contribution is -0.129. The van der Waals surface area contributed by atoms with E-state index in [2.05, 4.69) is 10.3 Å². The number of hydrogen-bond acceptors (Lipinski definition) is 4. The number of aromatic nitrogens is 1. The minimum Gasteiger partial charge on any atom is -0.481 e. The molecule has 0 spiro atoms. The summed E-state index contributed by atoms with van der Waals surface area (Å²) in [7, 11) is 3.36. The van der Waals surface area contributed by atoms with E-state index in [0.717, 1.165) is 5.69 Å². The van der Waals surface area contributed by atoms with Gasteiger partial charge in [0.15, 0.2) is 0 Å². The highest BCUT2D eigenvalue weighted by molar-refractivity contribution is 5.80. The van der Waals surface area contributed by atoms with E-state index in [-0.39, 0.29) is 18.5 Å². The number of pyridine rings is 1. The second-order valence-electron chi connectivity index (χ2n) is 4.04. The number of anilines is 1. The molecule has 5 nitrogen and oxygen atoms in total. The standard InChI is InChI=1S/C12H19N3O2/c1-9(2)15(3)12(16)8-13-10-5-6-11(17-4)14-7-10/h5-7,9,13H,8H2,1-4H3. The third-order valence-corrected chi connectivity index (χ3v) is 2.56. The second kappa shape index (κ2) is 6.08. The van der Waals surface area contributed by atoms with Crippen LogP contribution in [0.25, 0.3) is 0 Å². The highest BCUT2D eigenvalue weighted by atomic mass is 16.5. The third-order valence-electron chi connectivity index (χ3n) is 2.56. The molecule has 0 radical (unpaired) electrons. The van der Waals surface area contributed by atoms with Crippen molar-refractivity contribution >= 4 is 11.6 Å². The van der Waals surface area contributed by atoms with Crippen LogP contribution in [0, 0.1) is 0 Å². The lowest BCUT2D eigenvalue weighted by atomic mass is 10.3. The first kappa shape index (κ1) is 13.3. The van der Waals surface area contributed by atoms with Crippen LogP contribution in [0.5, 0.6) is 5.88 Å². The van der Waals surface area contributed by atoms with Crippen molar-refractivity contribution in [3.8, 4) is 5.88 Å². The quantitative estimate of drug-likeness (QED) is 0.840. The van der Waals surface area contributed by atoms with Gasteiger partial charge in [-0.15, -0.1) is 0 Å². The topological polar surface area (TPSA) is 54.5 Å². The summed E-state index contributed by atoms with van der Waals surface area (Å²) >= 11 is 0. The zero-order valence-corrected chi connectivity index (χ0v) is 10.7. The zero-order chi connectivity index (χ0) is 12.8. The molecule has 0 aliphatic carbocycles. The third kappa shape index (κ3) is 3.94. The molecule has 1 aromatic heterocycles. The Hall–Kier alpha value is -1.78. The summed E-state index contributed by atoms with van der Waals surface area (Å²) in [5.41, 5.74) is 0.802. The van der Waals surface area contributed by atoms with Gasteiger partial charge in [0.25, 0.3) is 0 Å². The van der Waals surface area contributed by atoms with Crippen LogP contribution in [0.2, 0.25) is 0 Å². The van der Waals surface area contributed by atoms with E-state index in [1.54, 1.807) is 31.3 Å². The van der Waals surface area contributed by atoms with Gasteiger partial charge >= 0.3 is 0 Å². The fourth-order valence-electron chi connectivity index (χ4n) is 1.20. The molecule has 0 aromatic carbocycles. The molecule has 0 atom stereocenters. The van der Waals surface area contributed by atoms with Crippen molar-refractivity contribution in [1.29, 1.82) is 0 Å². The Morgan fingerprint density at radius 1 is 1.53 bits per heavy atom. The number of likely N-dealkylation sites (N-methyl/N-ethyl adjacent to an activating group) is 1. The van der Waals surface area contributed by atoms with Crippen molar-refractivity contribution in [3.63, 3.8) is 0 Å². The lowest BCUT2D eigenvalue weighted by Gasteiger charge is -2.21. The maximum Gasteiger partial charge on any atom is 0.241 e. The predicted molar refractivity (Wildman–Crippen MR) is 67.2 cm³/mol. The molecule has 0 bridgehead atoms. The Bertz CT molecular complexity index is 363. The van der Waals surface area contributed by atoms with Crippen LogP contribution in [0.3, 0.4) is 0 Å². The molecule has 1 N–H and O–H groups in total. The van der Waals surface area contributed by atoms with Gasteiger partial charge in [0.1, 0.15) is 0 Å². The molecule has 0 fully saturated rings. The van der Waals surface area contributed by atoms with Crippen LogP contribution >= 0.6 is 0 Å². The molecular weight excluding hydrogens is 218 g/mol. The molecular formula is C12H19N3O2. The minimum absolute atomic E-state index is 0.0517. The second-order valence-corrected chi connectivity index (χ2v) is 4.04. The number of rotatable bonds is 5. The molecule has 1 aromatic rings. The molecule has 0 saturated heterocycles. The van der Waals surface area contributed by atoms with E-state index in [0.29, 0.717) is 5.88 Å². The molecule has 0 saturated carbocycles. The predicted octanol–water partition coefficient (Wildman–Crippen LogP) is 1.37. The Morgan fingerprint density at radius 3 is 2.71 bits per heavy atom. The Kier molecular flexibility index (Phi) is 4.75. The van der Waals surface area contributed by atoms with Gasteiger partial charge in [0.05, 0.1) is 25.5 Å². The van der Waals surface area contributed by atoms with Crippen molar-refractivity contribution in [2.45, 2.75) is 19.9 Å². The minimum atomic E-state index is 0.0517. The number of nitrogens with zero attached hydrogens (tertiary/aromatic N) is 2. The number of hydrogen-bond donors (Lipinski definition) is 1. The molecule has 1 amide bonds. The van der Waals surface area contributed by atoms with Crippen molar-refractivity contribution in [3.05, 3.63) is 18.3 Å². The molecule has 1 heterocycles. The van der Waals surface area contributed by atoms with Crippen LogP contribution in [0.4, 0.5) is 5.69 Å². The van der Waals surface area contributed by atoms with Crippen LogP contribution in [-0.4, -0.2) is 42.5 Å². The summed E-state index contributed by atoms with van der Waals surface area (Å²) in [6.45, 7) is 4.22. The van der Waals surface area contributed by atoms with Gasteiger partial charge in [-0.25, -0.2) is 4.98 Å². The average molecular weight is 237 g/mol. The van der Waals surface area contributed by atoms with E-state index in [9.17, 15) is 4.79 Å². The van der Waals surface area contributed by atoms with Gasteiger partial charge in [-0.3, -0.25) is 4.79 Å². The van der Waals surface area contributed by atoms with Gasteiger partial charge in [-0.05, 0) is 19.9 Å². The van der Waals surface area contributed by atoms with Gasteiger partial charge in [0.2, 0.25) is 11.8 Å². The number of carbonyl (C=O) groups is 1. The van der Waals surface area contributed by atoms with E-state index in [1.807, 2.05) is 19.9 Å². The molecule has 0 aliphatic heterocycles. The largest absolute Gasteiger partial charge is 0.481 e. The summed E-state index contributed by atoms with van der Waals surface area (Å²) in [6, 6.07) is 3.78. The number of ether oxygens (including phenoxy) is 1. The summed E-state index contributed by atoms with van der Waals surface area (Å²) in [5.74, 6) is 0.608. The van der Waals surface area contributed by atoms with Crippen LogP contribution < -0.4 is 10.1 Å². The summed E-state index contributed by atoms with van der Waals surface area (Å²) in [4.78, 5) is 17.4. The van der Waals surface area contributed by atoms with Crippen molar-refractivity contribution < 1.29 is 9.53 Å². The van der Waals surface area contributed by atoms with E-state index in [1.165, 1.54) is 0 Å². The Balaban J connectivity index is 2.47. The van der Waals surface area contributed by atoms with Gasteiger partial charge < -0.3 is 15.0 Å². The fourth-order valence-corrected chi connectivity index (χ4v) is 1.20. The first-order chi connectivity index (χ1) is 8.04. The van der Waals surface area contributed by atoms with Crippen LogP contribution in [-0.2, 0) is 4.79 Å². The van der Waals surface area contributed by atoms with E-state index >= 15 is 0 Å². The normalized spacial score (nSPS) is 10.2. The van der Waals surface area contributed by atoms with Crippen molar-refractivity contribution in [2.24, 2.45) is 0 Å². The molecule has 1 rings (SSSR count). The highest BCUT2D eigenvalue weighted by Gasteiger charge is 2.11. The van der Waals surface area contributed by atoms with E-state index < -0.39 is 0 Å². The monoisotopic (exact) mass is 237 g/mol. The molecule has 0 aliphatic rings. The first-order valence-electron chi connectivity index (χ1n) is 5.54. The SMILES string of the molecule is COc1ccc(NCC(=O)N(C)C(C)C)cn1. The maximum absolute atomic E-state index is 11.7. The van der Waals surface area contributed by atoms with Gasteiger partial charge in [-0.2, -0.15) is 0 Å². The number of nitrogens with one attached hydrogen (secondary N) is 1. The number of amides is 1. The maximum atomic E-state index is 11.7. The molecule has 0 unspecified atom stereocenters. The molecule has 5 heteroatoms. The van der Waals surface area contributed by atoms with Gasteiger partial charge in [-0.1, -0.05) is 0 Å². The van der Waals surface area contributed by atoms with Crippen molar-refractivity contribution in [2.75, 3.05) is 26.0 Å². The van der Waals surface area contributed by atoms with Gasteiger partial charge in [0, 0.05) is 19.2 Å². The zero-order valence-electron chi connectivity index (χ0n) is 10.7.